The summed E-state index contributed by atoms with van der Waals surface area (Å²) in [5.74, 6) is 0.0201. The van der Waals surface area contributed by atoms with Crippen molar-refractivity contribution in [3.63, 3.8) is 0 Å². The number of benzene rings is 1. The fourth-order valence-electron chi connectivity index (χ4n) is 2.08. The maximum Gasteiger partial charge on any atom is 0.228 e. The lowest BCUT2D eigenvalue weighted by molar-refractivity contribution is -0.123. The highest BCUT2D eigenvalue weighted by Gasteiger charge is 2.24. The van der Waals surface area contributed by atoms with Gasteiger partial charge in [-0.3, -0.25) is 4.79 Å². The van der Waals surface area contributed by atoms with Crippen LogP contribution >= 0.6 is 12.2 Å². The number of amides is 1. The summed E-state index contributed by atoms with van der Waals surface area (Å²) in [6.07, 6.45) is 0.748. The van der Waals surface area contributed by atoms with Crippen LogP contribution in [0.25, 0.3) is 0 Å². The molecule has 0 heterocycles. The van der Waals surface area contributed by atoms with E-state index >= 15 is 0 Å². The first-order valence-corrected chi connectivity index (χ1v) is 7.02. The second kappa shape index (κ2) is 7.24. The molecule has 0 radical (unpaired) electrons. The van der Waals surface area contributed by atoms with Gasteiger partial charge < -0.3 is 11.1 Å². The van der Waals surface area contributed by atoms with Crippen molar-refractivity contribution in [2.75, 3.05) is 0 Å². The summed E-state index contributed by atoms with van der Waals surface area (Å²) in [4.78, 5) is 12.7. The van der Waals surface area contributed by atoms with Gasteiger partial charge in [-0.2, -0.15) is 0 Å². The van der Waals surface area contributed by atoms with Gasteiger partial charge in [0, 0.05) is 0 Å². The molecule has 2 unspecified atom stereocenters. The molecule has 2 atom stereocenters. The number of hydrogen-bond donors (Lipinski definition) is 2. The molecule has 19 heavy (non-hydrogen) atoms. The molecule has 0 saturated heterocycles. The van der Waals surface area contributed by atoms with E-state index in [0.29, 0.717) is 4.99 Å². The number of nitrogens with two attached hydrogens (primary N) is 1. The van der Waals surface area contributed by atoms with Gasteiger partial charge in [-0.1, -0.05) is 63.3 Å². The van der Waals surface area contributed by atoms with Crippen LogP contribution in [0.15, 0.2) is 30.3 Å². The molecule has 1 amide bonds. The molecule has 3 nitrogen and oxygen atoms in total. The molecule has 1 aromatic rings. The molecule has 0 aliphatic heterocycles. The van der Waals surface area contributed by atoms with E-state index in [1.165, 1.54) is 0 Å². The minimum absolute atomic E-state index is 0.0137. The quantitative estimate of drug-likeness (QED) is 0.786. The lowest BCUT2D eigenvalue weighted by Crippen LogP contribution is -2.48. The van der Waals surface area contributed by atoms with Gasteiger partial charge >= 0.3 is 0 Å². The van der Waals surface area contributed by atoms with Gasteiger partial charge in [0.05, 0.1) is 16.9 Å². The SMILES string of the molecule is CCC(C(=O)NC(C(N)=S)C(C)C)c1ccccc1. The maximum absolute atomic E-state index is 12.4. The molecule has 0 aromatic heterocycles. The largest absolute Gasteiger partial charge is 0.392 e. The molecule has 1 aromatic carbocycles. The molecule has 0 saturated carbocycles. The average molecular weight is 278 g/mol. The zero-order valence-corrected chi connectivity index (χ0v) is 12.5. The van der Waals surface area contributed by atoms with Gasteiger partial charge in [0.2, 0.25) is 5.91 Å². The van der Waals surface area contributed by atoms with Crippen LogP contribution in [-0.2, 0) is 4.79 Å². The molecule has 4 heteroatoms. The van der Waals surface area contributed by atoms with Gasteiger partial charge in [-0.25, -0.2) is 0 Å². The Labute approximate surface area is 120 Å². The van der Waals surface area contributed by atoms with Crippen LogP contribution in [0.2, 0.25) is 0 Å². The highest BCUT2D eigenvalue weighted by molar-refractivity contribution is 7.80. The van der Waals surface area contributed by atoms with E-state index in [4.69, 9.17) is 18.0 Å². The van der Waals surface area contributed by atoms with E-state index in [0.717, 1.165) is 12.0 Å². The van der Waals surface area contributed by atoms with Crippen LogP contribution in [0.4, 0.5) is 0 Å². The fourth-order valence-corrected chi connectivity index (χ4v) is 2.41. The zero-order chi connectivity index (χ0) is 14.4. The molecule has 3 N–H and O–H groups in total. The molecular formula is C15H22N2OS. The standard InChI is InChI=1S/C15H22N2OS/c1-4-12(11-8-6-5-7-9-11)15(18)17-13(10(2)3)14(16)19/h5-10,12-13H,4H2,1-3H3,(H2,16,19)(H,17,18). The Hall–Kier alpha value is -1.42. The topological polar surface area (TPSA) is 55.1 Å². The Bertz CT molecular complexity index is 431. The van der Waals surface area contributed by atoms with Gasteiger partial charge in [0.15, 0.2) is 0 Å². The van der Waals surface area contributed by atoms with E-state index in [9.17, 15) is 4.79 Å². The van der Waals surface area contributed by atoms with Crippen molar-refractivity contribution < 1.29 is 4.79 Å². The van der Waals surface area contributed by atoms with Crippen LogP contribution < -0.4 is 11.1 Å². The summed E-state index contributed by atoms with van der Waals surface area (Å²) < 4.78 is 0. The first-order chi connectivity index (χ1) is 8.97. The van der Waals surface area contributed by atoms with Crippen LogP contribution in [-0.4, -0.2) is 16.9 Å². The average Bonchev–Trinajstić information content (AvgIpc) is 2.37. The van der Waals surface area contributed by atoms with Crippen LogP contribution in [0.3, 0.4) is 0 Å². The minimum atomic E-state index is -0.250. The molecule has 0 aliphatic rings. The zero-order valence-electron chi connectivity index (χ0n) is 11.7. The number of carbonyl (C=O) groups excluding carboxylic acids is 1. The van der Waals surface area contributed by atoms with Gasteiger partial charge in [-0.05, 0) is 17.9 Å². The molecule has 104 valence electrons. The first-order valence-electron chi connectivity index (χ1n) is 6.62. The van der Waals surface area contributed by atoms with E-state index in [-0.39, 0.29) is 23.8 Å². The lowest BCUT2D eigenvalue weighted by atomic mass is 9.94. The first kappa shape index (κ1) is 15.6. The van der Waals surface area contributed by atoms with Gasteiger partial charge in [-0.15, -0.1) is 0 Å². The number of thiocarbonyl (C=S) groups is 1. The van der Waals surface area contributed by atoms with Crippen molar-refractivity contribution in [1.29, 1.82) is 0 Å². The summed E-state index contributed by atoms with van der Waals surface area (Å²) in [6, 6.07) is 9.52. The Kier molecular flexibility index (Phi) is 5.96. The van der Waals surface area contributed by atoms with Gasteiger partial charge in [0.1, 0.15) is 0 Å². The molecule has 1 rings (SSSR count). The molecule has 0 bridgehead atoms. The van der Waals surface area contributed by atoms with Crippen molar-refractivity contribution in [3.05, 3.63) is 35.9 Å². The van der Waals surface area contributed by atoms with Crippen LogP contribution in [0.5, 0.6) is 0 Å². The van der Waals surface area contributed by atoms with E-state index in [1.54, 1.807) is 0 Å². The number of carbonyl (C=O) groups is 1. The Morgan fingerprint density at radius 1 is 1.32 bits per heavy atom. The lowest BCUT2D eigenvalue weighted by Gasteiger charge is -2.24. The maximum atomic E-state index is 12.4. The normalized spacial score (nSPS) is 13.9. The predicted molar refractivity (Wildman–Crippen MR) is 83.0 cm³/mol. The Morgan fingerprint density at radius 3 is 2.32 bits per heavy atom. The number of rotatable bonds is 6. The van der Waals surface area contributed by atoms with Crippen molar-refractivity contribution in [2.24, 2.45) is 11.7 Å². The highest BCUT2D eigenvalue weighted by Crippen LogP contribution is 2.20. The Morgan fingerprint density at radius 2 is 1.89 bits per heavy atom. The Balaban J connectivity index is 2.83. The number of nitrogens with one attached hydrogen (secondary N) is 1. The molecule has 0 fully saturated rings. The molecule has 0 spiro atoms. The smallest absolute Gasteiger partial charge is 0.228 e. The van der Waals surface area contributed by atoms with Crippen LogP contribution in [0, 0.1) is 5.92 Å². The molecule has 0 aliphatic carbocycles. The van der Waals surface area contributed by atoms with Gasteiger partial charge in [0.25, 0.3) is 0 Å². The third-order valence-electron chi connectivity index (χ3n) is 3.20. The van der Waals surface area contributed by atoms with Crippen molar-refractivity contribution >= 4 is 23.1 Å². The van der Waals surface area contributed by atoms with Crippen LogP contribution in [0.1, 0.15) is 38.7 Å². The number of hydrogen-bond acceptors (Lipinski definition) is 2. The summed E-state index contributed by atoms with van der Waals surface area (Å²) >= 11 is 5.01. The summed E-state index contributed by atoms with van der Waals surface area (Å²) in [7, 11) is 0. The van der Waals surface area contributed by atoms with E-state index < -0.39 is 0 Å². The predicted octanol–water partition coefficient (Wildman–Crippen LogP) is 2.61. The van der Waals surface area contributed by atoms with E-state index in [1.807, 2.05) is 51.1 Å². The third kappa shape index (κ3) is 4.31. The van der Waals surface area contributed by atoms with Crippen molar-refractivity contribution in [2.45, 2.75) is 39.2 Å². The minimum Gasteiger partial charge on any atom is -0.392 e. The van der Waals surface area contributed by atoms with Crippen molar-refractivity contribution in [1.82, 2.24) is 5.32 Å². The fraction of sp³-hybridized carbons (Fsp3) is 0.467. The monoisotopic (exact) mass is 278 g/mol. The summed E-state index contributed by atoms with van der Waals surface area (Å²) in [6.45, 7) is 5.99. The summed E-state index contributed by atoms with van der Waals surface area (Å²) in [5.41, 5.74) is 6.70. The molecular weight excluding hydrogens is 256 g/mol. The van der Waals surface area contributed by atoms with Crippen molar-refractivity contribution in [3.8, 4) is 0 Å². The van der Waals surface area contributed by atoms with E-state index in [2.05, 4.69) is 5.32 Å². The highest BCUT2D eigenvalue weighted by atomic mass is 32.1. The summed E-state index contributed by atoms with van der Waals surface area (Å²) in [5, 5.41) is 2.96. The third-order valence-corrected chi connectivity index (χ3v) is 3.45. The second-order valence-electron chi connectivity index (χ2n) is 5.00. The second-order valence-corrected chi connectivity index (χ2v) is 5.48.